The fourth-order valence-electron chi connectivity index (χ4n) is 1.12. The average molecular weight is 145 g/mol. The normalized spacial score (nSPS) is 36.2. The summed E-state index contributed by atoms with van der Waals surface area (Å²) in [7, 11) is 0. The number of halogens is 1. The van der Waals surface area contributed by atoms with Crippen molar-refractivity contribution in [1.82, 2.24) is 0 Å². The highest BCUT2D eigenvalue weighted by atomic mass is 35.5. The van der Waals surface area contributed by atoms with Crippen LogP contribution >= 0.6 is 11.6 Å². The highest BCUT2D eigenvalue weighted by Gasteiger charge is 2.07. The van der Waals surface area contributed by atoms with E-state index in [-0.39, 0.29) is 0 Å². The van der Waals surface area contributed by atoms with Crippen molar-refractivity contribution in [3.8, 4) is 0 Å². The predicted molar refractivity (Wildman–Crippen MR) is 41.8 cm³/mol. The molecule has 52 valence electrons. The smallest absolute Gasteiger partial charge is 0.0516 e. The van der Waals surface area contributed by atoms with Gasteiger partial charge in [0, 0.05) is 0 Å². The van der Waals surface area contributed by atoms with Crippen LogP contribution in [0.5, 0.6) is 0 Å². The Hall–Kier alpha value is 0.0300. The molecule has 1 heteroatoms. The lowest BCUT2D eigenvalue weighted by Crippen LogP contribution is -1.94. The maximum atomic E-state index is 5.90. The van der Waals surface area contributed by atoms with Gasteiger partial charge in [0.15, 0.2) is 0 Å². The van der Waals surface area contributed by atoms with Crippen LogP contribution in [-0.2, 0) is 0 Å². The van der Waals surface area contributed by atoms with Crippen LogP contribution in [0, 0.1) is 5.92 Å². The molecule has 1 aliphatic rings. The summed E-state index contributed by atoms with van der Waals surface area (Å²) in [4.78, 5) is 0. The standard InChI is InChI=1S/C8H13Cl/c1-7-3-2-4-8(9)6-5-7/h2,4,7-8H,3,5-6H2,1H3. The largest absolute Gasteiger partial charge is 0.118 e. The van der Waals surface area contributed by atoms with Crippen molar-refractivity contribution in [2.24, 2.45) is 5.92 Å². The van der Waals surface area contributed by atoms with Gasteiger partial charge in [0.2, 0.25) is 0 Å². The third-order valence-electron chi connectivity index (χ3n) is 1.82. The first kappa shape index (κ1) is 7.14. The molecule has 0 radical (unpaired) electrons. The molecule has 0 saturated carbocycles. The molecule has 0 aliphatic heterocycles. The van der Waals surface area contributed by atoms with E-state index in [1.165, 1.54) is 12.8 Å². The van der Waals surface area contributed by atoms with Crippen LogP contribution in [0.4, 0.5) is 0 Å². The van der Waals surface area contributed by atoms with E-state index >= 15 is 0 Å². The van der Waals surface area contributed by atoms with E-state index in [9.17, 15) is 0 Å². The van der Waals surface area contributed by atoms with E-state index in [1.54, 1.807) is 0 Å². The summed E-state index contributed by atoms with van der Waals surface area (Å²) in [6.07, 6.45) is 7.96. The molecular weight excluding hydrogens is 132 g/mol. The minimum atomic E-state index is 0.301. The molecule has 0 fully saturated rings. The van der Waals surface area contributed by atoms with Crippen molar-refractivity contribution in [3.05, 3.63) is 12.2 Å². The van der Waals surface area contributed by atoms with E-state index in [0.29, 0.717) is 5.38 Å². The summed E-state index contributed by atoms with van der Waals surface area (Å²) in [5.41, 5.74) is 0. The first-order valence-electron chi connectivity index (χ1n) is 3.60. The average Bonchev–Trinajstić information content (AvgIpc) is 1.97. The highest BCUT2D eigenvalue weighted by molar-refractivity contribution is 6.21. The van der Waals surface area contributed by atoms with Gasteiger partial charge >= 0.3 is 0 Å². The Morgan fingerprint density at radius 2 is 2.22 bits per heavy atom. The van der Waals surface area contributed by atoms with Crippen LogP contribution in [-0.4, -0.2) is 5.38 Å². The molecule has 0 amide bonds. The van der Waals surface area contributed by atoms with Crippen LogP contribution in [0.2, 0.25) is 0 Å². The molecule has 0 saturated heterocycles. The molecule has 1 aliphatic carbocycles. The summed E-state index contributed by atoms with van der Waals surface area (Å²) in [6, 6.07) is 0. The Kier molecular flexibility index (Phi) is 2.59. The van der Waals surface area contributed by atoms with Gasteiger partial charge < -0.3 is 0 Å². The van der Waals surface area contributed by atoms with Crippen LogP contribution in [0.15, 0.2) is 12.2 Å². The van der Waals surface area contributed by atoms with Gasteiger partial charge in [-0.3, -0.25) is 0 Å². The third-order valence-corrected chi connectivity index (χ3v) is 2.18. The summed E-state index contributed by atoms with van der Waals surface area (Å²) < 4.78 is 0. The van der Waals surface area contributed by atoms with Crippen molar-refractivity contribution in [2.45, 2.75) is 31.6 Å². The second-order valence-corrected chi connectivity index (χ2v) is 3.42. The molecule has 0 aromatic rings. The third kappa shape index (κ3) is 2.40. The maximum absolute atomic E-state index is 5.90. The SMILES string of the molecule is CC1CC=CC(Cl)CC1. The van der Waals surface area contributed by atoms with E-state index in [1.807, 2.05) is 0 Å². The van der Waals surface area contributed by atoms with Gasteiger partial charge in [-0.05, 0) is 25.2 Å². The van der Waals surface area contributed by atoms with Crippen LogP contribution < -0.4 is 0 Å². The van der Waals surface area contributed by atoms with Gasteiger partial charge in [-0.1, -0.05) is 19.1 Å². The maximum Gasteiger partial charge on any atom is 0.0516 e. The number of hydrogen-bond donors (Lipinski definition) is 0. The molecule has 2 unspecified atom stereocenters. The molecule has 0 spiro atoms. The Balaban J connectivity index is 2.39. The van der Waals surface area contributed by atoms with Crippen molar-refractivity contribution in [2.75, 3.05) is 0 Å². The molecule has 9 heavy (non-hydrogen) atoms. The van der Waals surface area contributed by atoms with E-state index in [4.69, 9.17) is 11.6 Å². The quantitative estimate of drug-likeness (QED) is 0.362. The Labute approximate surface area is 61.9 Å². The van der Waals surface area contributed by atoms with Crippen LogP contribution in [0.3, 0.4) is 0 Å². The van der Waals surface area contributed by atoms with Crippen molar-refractivity contribution >= 4 is 11.6 Å². The van der Waals surface area contributed by atoms with E-state index in [0.717, 1.165) is 12.3 Å². The molecule has 0 bridgehead atoms. The van der Waals surface area contributed by atoms with Gasteiger partial charge in [-0.25, -0.2) is 0 Å². The fraction of sp³-hybridized carbons (Fsp3) is 0.750. The first-order chi connectivity index (χ1) is 4.29. The number of alkyl halides is 1. The van der Waals surface area contributed by atoms with Crippen molar-refractivity contribution < 1.29 is 0 Å². The zero-order valence-corrected chi connectivity index (χ0v) is 6.56. The Bertz CT molecular complexity index is 107. The zero-order chi connectivity index (χ0) is 6.69. The van der Waals surface area contributed by atoms with Gasteiger partial charge in [-0.2, -0.15) is 0 Å². The van der Waals surface area contributed by atoms with Crippen LogP contribution in [0.25, 0.3) is 0 Å². The van der Waals surface area contributed by atoms with Gasteiger partial charge in [0.05, 0.1) is 5.38 Å². The van der Waals surface area contributed by atoms with E-state index < -0.39 is 0 Å². The zero-order valence-electron chi connectivity index (χ0n) is 5.81. The van der Waals surface area contributed by atoms with Crippen molar-refractivity contribution in [3.63, 3.8) is 0 Å². The highest BCUT2D eigenvalue weighted by Crippen LogP contribution is 2.20. The molecule has 0 N–H and O–H groups in total. The van der Waals surface area contributed by atoms with E-state index in [2.05, 4.69) is 19.1 Å². The lowest BCUT2D eigenvalue weighted by atomic mass is 10.0. The first-order valence-corrected chi connectivity index (χ1v) is 4.03. The monoisotopic (exact) mass is 144 g/mol. The predicted octanol–water partition coefficient (Wildman–Crippen LogP) is 2.97. The lowest BCUT2D eigenvalue weighted by molar-refractivity contribution is 0.534. The minimum absolute atomic E-state index is 0.301. The molecule has 0 aromatic carbocycles. The minimum Gasteiger partial charge on any atom is -0.118 e. The summed E-state index contributed by atoms with van der Waals surface area (Å²) in [6.45, 7) is 2.28. The summed E-state index contributed by atoms with van der Waals surface area (Å²) >= 11 is 5.90. The number of allylic oxidation sites excluding steroid dienone is 2. The lowest BCUT2D eigenvalue weighted by Gasteiger charge is -2.04. The number of rotatable bonds is 0. The van der Waals surface area contributed by atoms with Gasteiger partial charge in [-0.15, -0.1) is 11.6 Å². The molecule has 0 aromatic heterocycles. The molecule has 0 nitrogen and oxygen atoms in total. The van der Waals surface area contributed by atoms with Crippen molar-refractivity contribution in [1.29, 1.82) is 0 Å². The molecule has 2 atom stereocenters. The Morgan fingerprint density at radius 1 is 1.44 bits per heavy atom. The number of hydrogen-bond acceptors (Lipinski definition) is 0. The second-order valence-electron chi connectivity index (χ2n) is 2.86. The summed E-state index contributed by atoms with van der Waals surface area (Å²) in [5.74, 6) is 0.838. The Morgan fingerprint density at radius 3 is 3.00 bits per heavy atom. The van der Waals surface area contributed by atoms with Gasteiger partial charge in [0.1, 0.15) is 0 Å². The topological polar surface area (TPSA) is 0 Å². The molecule has 1 rings (SSSR count). The molecule has 0 heterocycles. The fourth-order valence-corrected chi connectivity index (χ4v) is 1.35. The summed E-state index contributed by atoms with van der Waals surface area (Å²) in [5, 5.41) is 0.301. The van der Waals surface area contributed by atoms with Gasteiger partial charge in [0.25, 0.3) is 0 Å². The van der Waals surface area contributed by atoms with Crippen LogP contribution in [0.1, 0.15) is 26.2 Å². The second kappa shape index (κ2) is 3.26. The molecular formula is C8H13Cl.